The summed E-state index contributed by atoms with van der Waals surface area (Å²) in [5, 5.41) is 0. The second kappa shape index (κ2) is 5.31. The summed E-state index contributed by atoms with van der Waals surface area (Å²) in [5.74, 6) is -2.09. The number of halogens is 2. The van der Waals surface area contributed by atoms with Crippen molar-refractivity contribution in [1.29, 1.82) is 0 Å². The van der Waals surface area contributed by atoms with E-state index < -0.39 is 17.4 Å². The first-order chi connectivity index (χ1) is 8.66. The monoisotopic (exact) mass is 245 g/mol. The molecule has 0 atom stereocenters. The van der Waals surface area contributed by atoms with Gasteiger partial charge in [-0.1, -0.05) is 6.07 Å². The zero-order valence-electron chi connectivity index (χ0n) is 9.31. The van der Waals surface area contributed by atoms with Crippen molar-refractivity contribution in [1.82, 2.24) is 4.98 Å². The summed E-state index contributed by atoms with van der Waals surface area (Å²) >= 11 is 0. The van der Waals surface area contributed by atoms with E-state index in [4.69, 9.17) is 0 Å². The Morgan fingerprint density at radius 2 is 2.06 bits per heavy atom. The number of carbonyl (C=O) groups is 1. The standard InChI is InChI=1S/C14H9F2NO/c15-11-4-5-12(13(16)8-11)14(18)6-3-10-2-1-7-17-9-10/h1-9H/b6-3+. The molecule has 0 aliphatic carbocycles. The van der Waals surface area contributed by atoms with Crippen LogP contribution in [0.4, 0.5) is 8.78 Å². The summed E-state index contributed by atoms with van der Waals surface area (Å²) in [6, 6.07) is 6.35. The molecule has 0 aliphatic heterocycles. The number of nitrogens with zero attached hydrogens (tertiary/aromatic N) is 1. The molecule has 2 aromatic rings. The molecule has 0 spiro atoms. The van der Waals surface area contributed by atoms with Gasteiger partial charge in [-0.3, -0.25) is 9.78 Å². The quantitative estimate of drug-likeness (QED) is 0.613. The lowest BCUT2D eigenvalue weighted by Crippen LogP contribution is -1.99. The van der Waals surface area contributed by atoms with Gasteiger partial charge in [-0.15, -0.1) is 0 Å². The normalized spacial score (nSPS) is 10.8. The molecule has 0 saturated carbocycles. The highest BCUT2D eigenvalue weighted by atomic mass is 19.1. The van der Waals surface area contributed by atoms with E-state index >= 15 is 0 Å². The maximum absolute atomic E-state index is 13.3. The van der Waals surface area contributed by atoms with Gasteiger partial charge in [-0.25, -0.2) is 8.78 Å². The lowest BCUT2D eigenvalue weighted by Gasteiger charge is -1.98. The third-order valence-electron chi connectivity index (χ3n) is 2.31. The summed E-state index contributed by atoms with van der Waals surface area (Å²) < 4.78 is 26.0. The van der Waals surface area contributed by atoms with E-state index in [1.165, 1.54) is 12.2 Å². The molecule has 0 N–H and O–H groups in total. The van der Waals surface area contributed by atoms with E-state index in [0.29, 0.717) is 6.07 Å². The zero-order valence-corrected chi connectivity index (χ0v) is 9.31. The third-order valence-corrected chi connectivity index (χ3v) is 2.31. The highest BCUT2D eigenvalue weighted by Crippen LogP contribution is 2.11. The predicted molar refractivity (Wildman–Crippen MR) is 64.0 cm³/mol. The summed E-state index contributed by atoms with van der Waals surface area (Å²) in [4.78, 5) is 15.6. The number of pyridine rings is 1. The van der Waals surface area contributed by atoms with Gasteiger partial charge in [0.05, 0.1) is 5.56 Å². The number of hydrogen-bond donors (Lipinski definition) is 0. The molecule has 0 unspecified atom stereocenters. The predicted octanol–water partition coefficient (Wildman–Crippen LogP) is 3.26. The molecule has 4 heteroatoms. The first kappa shape index (κ1) is 12.1. The van der Waals surface area contributed by atoms with Gasteiger partial charge in [-0.2, -0.15) is 0 Å². The Morgan fingerprint density at radius 1 is 1.22 bits per heavy atom. The van der Waals surface area contributed by atoms with Crippen LogP contribution in [-0.4, -0.2) is 10.8 Å². The smallest absolute Gasteiger partial charge is 0.188 e. The number of allylic oxidation sites excluding steroid dienone is 1. The minimum Gasteiger partial charge on any atom is -0.289 e. The molecule has 0 saturated heterocycles. The van der Waals surface area contributed by atoms with Gasteiger partial charge < -0.3 is 0 Å². The average molecular weight is 245 g/mol. The Kier molecular flexibility index (Phi) is 3.57. The molecule has 0 radical (unpaired) electrons. The van der Waals surface area contributed by atoms with Crippen molar-refractivity contribution in [3.05, 3.63) is 71.6 Å². The lowest BCUT2D eigenvalue weighted by molar-refractivity contribution is 0.104. The molecule has 0 fully saturated rings. The van der Waals surface area contributed by atoms with Crippen LogP contribution in [0.5, 0.6) is 0 Å². The van der Waals surface area contributed by atoms with Gasteiger partial charge in [0.25, 0.3) is 0 Å². The summed E-state index contributed by atoms with van der Waals surface area (Å²) in [7, 11) is 0. The van der Waals surface area contributed by atoms with Gasteiger partial charge in [0.1, 0.15) is 11.6 Å². The summed E-state index contributed by atoms with van der Waals surface area (Å²) in [6.45, 7) is 0. The van der Waals surface area contributed by atoms with E-state index in [9.17, 15) is 13.6 Å². The molecule has 0 bridgehead atoms. The second-order valence-corrected chi connectivity index (χ2v) is 3.61. The fourth-order valence-corrected chi connectivity index (χ4v) is 1.43. The number of rotatable bonds is 3. The van der Waals surface area contributed by atoms with Crippen LogP contribution in [0.1, 0.15) is 15.9 Å². The molecular formula is C14H9F2NO. The molecule has 2 nitrogen and oxygen atoms in total. The zero-order chi connectivity index (χ0) is 13.0. The van der Waals surface area contributed by atoms with Gasteiger partial charge in [0.2, 0.25) is 0 Å². The Balaban J connectivity index is 2.20. The third kappa shape index (κ3) is 2.85. The Bertz CT molecular complexity index is 594. The van der Waals surface area contributed by atoms with Crippen LogP contribution in [0.3, 0.4) is 0 Å². The van der Waals surface area contributed by atoms with E-state index in [2.05, 4.69) is 4.98 Å². The molecule has 2 rings (SSSR count). The van der Waals surface area contributed by atoms with Crippen molar-refractivity contribution in [3.63, 3.8) is 0 Å². The van der Waals surface area contributed by atoms with Gasteiger partial charge in [0.15, 0.2) is 5.78 Å². The number of carbonyl (C=O) groups excluding carboxylic acids is 1. The van der Waals surface area contributed by atoms with Crippen molar-refractivity contribution < 1.29 is 13.6 Å². The van der Waals surface area contributed by atoms with Crippen LogP contribution >= 0.6 is 0 Å². The first-order valence-corrected chi connectivity index (χ1v) is 5.24. The van der Waals surface area contributed by atoms with Crippen LogP contribution in [-0.2, 0) is 0 Å². The number of benzene rings is 1. The van der Waals surface area contributed by atoms with Crippen molar-refractivity contribution >= 4 is 11.9 Å². The molecule has 18 heavy (non-hydrogen) atoms. The van der Waals surface area contributed by atoms with Gasteiger partial charge in [0, 0.05) is 18.5 Å². The van der Waals surface area contributed by atoms with Crippen molar-refractivity contribution in [2.24, 2.45) is 0 Å². The Hall–Kier alpha value is -2.36. The van der Waals surface area contributed by atoms with E-state index in [1.54, 1.807) is 24.5 Å². The molecule has 1 heterocycles. The molecule has 1 aromatic carbocycles. The fraction of sp³-hybridized carbons (Fsp3) is 0. The minimum absolute atomic E-state index is 0.156. The van der Waals surface area contributed by atoms with Crippen LogP contribution in [0.2, 0.25) is 0 Å². The Morgan fingerprint density at radius 3 is 2.72 bits per heavy atom. The van der Waals surface area contributed by atoms with Crippen LogP contribution < -0.4 is 0 Å². The van der Waals surface area contributed by atoms with Crippen LogP contribution in [0.25, 0.3) is 6.08 Å². The van der Waals surface area contributed by atoms with E-state index in [0.717, 1.165) is 17.7 Å². The van der Waals surface area contributed by atoms with E-state index in [-0.39, 0.29) is 5.56 Å². The minimum atomic E-state index is -0.865. The molecule has 0 aliphatic rings. The SMILES string of the molecule is O=C(/C=C/c1cccnc1)c1ccc(F)cc1F. The molecule has 0 amide bonds. The average Bonchev–Trinajstić information content (AvgIpc) is 2.37. The molecule has 1 aromatic heterocycles. The summed E-state index contributed by atoms with van der Waals surface area (Å²) in [5.41, 5.74) is 0.574. The number of aromatic nitrogens is 1. The maximum atomic E-state index is 13.3. The highest BCUT2D eigenvalue weighted by molar-refractivity contribution is 6.06. The van der Waals surface area contributed by atoms with E-state index in [1.807, 2.05) is 0 Å². The van der Waals surface area contributed by atoms with Gasteiger partial charge in [-0.05, 0) is 35.9 Å². The summed E-state index contributed by atoms with van der Waals surface area (Å²) in [6.07, 6.45) is 5.94. The Labute approximate surface area is 103 Å². The van der Waals surface area contributed by atoms with Gasteiger partial charge >= 0.3 is 0 Å². The van der Waals surface area contributed by atoms with Crippen molar-refractivity contribution in [2.75, 3.05) is 0 Å². The van der Waals surface area contributed by atoms with Crippen molar-refractivity contribution in [3.8, 4) is 0 Å². The topological polar surface area (TPSA) is 30.0 Å². The second-order valence-electron chi connectivity index (χ2n) is 3.61. The first-order valence-electron chi connectivity index (χ1n) is 5.24. The van der Waals surface area contributed by atoms with Crippen molar-refractivity contribution in [2.45, 2.75) is 0 Å². The fourth-order valence-electron chi connectivity index (χ4n) is 1.43. The maximum Gasteiger partial charge on any atom is 0.188 e. The highest BCUT2D eigenvalue weighted by Gasteiger charge is 2.09. The van der Waals surface area contributed by atoms with Crippen LogP contribution in [0, 0.1) is 11.6 Å². The molecule has 90 valence electrons. The lowest BCUT2D eigenvalue weighted by atomic mass is 10.1. The number of ketones is 1. The largest absolute Gasteiger partial charge is 0.289 e. The molecular weight excluding hydrogens is 236 g/mol. The number of hydrogen-bond acceptors (Lipinski definition) is 2. The van der Waals surface area contributed by atoms with Crippen LogP contribution in [0.15, 0.2) is 48.8 Å².